The average molecular weight is 322 g/mol. The fourth-order valence-corrected chi connectivity index (χ4v) is 4.31. The summed E-state index contributed by atoms with van der Waals surface area (Å²) in [4.78, 5) is 14.7. The number of fused-ring (bicyclic) bond motifs is 1. The minimum Gasteiger partial charge on any atom is -0.444 e. The molecule has 5 heteroatoms. The van der Waals surface area contributed by atoms with Crippen molar-refractivity contribution in [3.05, 3.63) is 21.4 Å². The maximum absolute atomic E-state index is 11.7. The summed E-state index contributed by atoms with van der Waals surface area (Å²) in [7, 11) is 0. The van der Waals surface area contributed by atoms with Gasteiger partial charge in [-0.15, -0.1) is 11.3 Å². The van der Waals surface area contributed by atoms with Crippen molar-refractivity contribution >= 4 is 17.4 Å². The lowest BCUT2D eigenvalue weighted by atomic mass is 9.87. The molecule has 1 amide bonds. The number of ether oxygens (including phenoxy) is 1. The predicted molar refractivity (Wildman–Crippen MR) is 89.4 cm³/mol. The zero-order valence-electron chi connectivity index (χ0n) is 13.7. The van der Waals surface area contributed by atoms with Gasteiger partial charge in [-0.1, -0.05) is 0 Å². The molecule has 1 saturated carbocycles. The first-order valence-corrected chi connectivity index (χ1v) is 9.04. The molecule has 1 fully saturated rings. The first-order chi connectivity index (χ1) is 10.4. The molecule has 22 heavy (non-hydrogen) atoms. The predicted octanol–water partition coefficient (Wildman–Crippen LogP) is 3.38. The second kappa shape index (κ2) is 6.20. The molecule has 0 atom stereocenters. The molecule has 0 saturated heterocycles. The van der Waals surface area contributed by atoms with Crippen LogP contribution < -0.4 is 10.6 Å². The van der Waals surface area contributed by atoms with Crippen LogP contribution in [0.4, 0.5) is 4.79 Å². The van der Waals surface area contributed by atoms with Gasteiger partial charge < -0.3 is 15.4 Å². The molecular formula is C17H26N2O2S. The molecule has 0 radical (unpaired) electrons. The van der Waals surface area contributed by atoms with Crippen molar-refractivity contribution in [3.8, 4) is 0 Å². The van der Waals surface area contributed by atoms with Crippen molar-refractivity contribution in [1.29, 1.82) is 0 Å². The largest absolute Gasteiger partial charge is 0.444 e. The van der Waals surface area contributed by atoms with Crippen molar-refractivity contribution in [2.75, 3.05) is 0 Å². The van der Waals surface area contributed by atoms with Gasteiger partial charge in [-0.3, -0.25) is 0 Å². The topological polar surface area (TPSA) is 50.4 Å². The van der Waals surface area contributed by atoms with E-state index in [0.717, 1.165) is 19.4 Å². The molecule has 0 aromatic carbocycles. The van der Waals surface area contributed by atoms with Crippen LogP contribution in [-0.4, -0.2) is 23.8 Å². The number of hydrogen-bond donors (Lipinski definition) is 2. The Morgan fingerprint density at radius 3 is 2.77 bits per heavy atom. The first kappa shape index (κ1) is 15.8. The van der Waals surface area contributed by atoms with Crippen LogP contribution in [0.25, 0.3) is 0 Å². The van der Waals surface area contributed by atoms with Gasteiger partial charge in [0.05, 0.1) is 0 Å². The molecule has 3 rings (SSSR count). The summed E-state index contributed by atoms with van der Waals surface area (Å²) in [5.74, 6) is 0. The Kier molecular flexibility index (Phi) is 4.46. The van der Waals surface area contributed by atoms with Crippen molar-refractivity contribution < 1.29 is 9.53 Å². The second-order valence-corrected chi connectivity index (χ2v) is 8.63. The van der Waals surface area contributed by atoms with Gasteiger partial charge in [0.2, 0.25) is 0 Å². The lowest BCUT2D eigenvalue weighted by Crippen LogP contribution is -2.52. The molecule has 4 nitrogen and oxygen atoms in total. The van der Waals surface area contributed by atoms with Crippen LogP contribution >= 0.6 is 11.3 Å². The summed E-state index contributed by atoms with van der Waals surface area (Å²) in [5, 5.41) is 6.53. The van der Waals surface area contributed by atoms with Gasteiger partial charge in [-0.05, 0) is 64.5 Å². The third kappa shape index (κ3) is 4.02. The van der Waals surface area contributed by atoms with Gasteiger partial charge >= 0.3 is 6.09 Å². The smallest absolute Gasteiger partial charge is 0.407 e. The molecule has 2 aliphatic carbocycles. The highest BCUT2D eigenvalue weighted by molar-refractivity contribution is 7.12. The van der Waals surface area contributed by atoms with E-state index in [4.69, 9.17) is 4.74 Å². The molecule has 0 bridgehead atoms. The van der Waals surface area contributed by atoms with E-state index in [-0.39, 0.29) is 12.1 Å². The molecule has 0 spiro atoms. The number of amides is 1. The third-order valence-corrected chi connectivity index (χ3v) is 5.46. The number of nitrogens with one attached hydrogen (secondary N) is 2. The summed E-state index contributed by atoms with van der Waals surface area (Å²) in [5.41, 5.74) is 1.14. The minimum atomic E-state index is -0.426. The molecule has 1 heterocycles. The monoisotopic (exact) mass is 322 g/mol. The number of thiophene rings is 1. The maximum atomic E-state index is 11.7. The van der Waals surface area contributed by atoms with Crippen molar-refractivity contribution in [2.45, 2.75) is 77.1 Å². The Morgan fingerprint density at radius 1 is 1.32 bits per heavy atom. The Balaban J connectivity index is 1.34. The van der Waals surface area contributed by atoms with Crippen LogP contribution in [0.3, 0.4) is 0 Å². The summed E-state index contributed by atoms with van der Waals surface area (Å²) >= 11 is 1.96. The molecule has 0 aliphatic heterocycles. The first-order valence-electron chi connectivity index (χ1n) is 8.22. The normalized spacial score (nSPS) is 23.8. The summed E-state index contributed by atoms with van der Waals surface area (Å²) in [6.45, 7) is 6.61. The Hall–Kier alpha value is -1.07. The van der Waals surface area contributed by atoms with E-state index < -0.39 is 5.60 Å². The molecule has 1 aromatic rings. The molecule has 1 aromatic heterocycles. The Labute approximate surface area is 136 Å². The maximum Gasteiger partial charge on any atom is 0.407 e. The highest BCUT2D eigenvalue weighted by Gasteiger charge is 2.31. The van der Waals surface area contributed by atoms with Crippen LogP contribution in [0.5, 0.6) is 0 Å². The average Bonchev–Trinajstić information content (AvgIpc) is 2.89. The molecule has 2 aliphatic rings. The second-order valence-electron chi connectivity index (χ2n) is 7.41. The highest BCUT2D eigenvalue weighted by atomic mass is 32.1. The van der Waals surface area contributed by atoms with E-state index in [2.05, 4.69) is 16.7 Å². The Bertz CT molecular complexity index is 520. The van der Waals surface area contributed by atoms with Crippen LogP contribution in [0.1, 0.15) is 55.4 Å². The lowest BCUT2D eigenvalue weighted by Gasteiger charge is -2.36. The van der Waals surface area contributed by atoms with E-state index >= 15 is 0 Å². The minimum absolute atomic E-state index is 0.251. The number of carbonyl (C=O) groups is 1. The standard InChI is InChI=1S/C17H26N2O2S/c1-17(2,3)21-16(20)19-13-8-12(9-13)18-10-14-7-11-5-4-6-15(11)22-14/h7,12-13,18H,4-6,8-10H2,1-3H3,(H,19,20). The number of hydrogen-bond acceptors (Lipinski definition) is 4. The van der Waals surface area contributed by atoms with E-state index in [1.165, 1.54) is 24.1 Å². The van der Waals surface area contributed by atoms with Crippen molar-refractivity contribution in [3.63, 3.8) is 0 Å². The van der Waals surface area contributed by atoms with Crippen LogP contribution in [0.2, 0.25) is 0 Å². The zero-order valence-corrected chi connectivity index (χ0v) is 14.5. The van der Waals surface area contributed by atoms with Crippen LogP contribution in [-0.2, 0) is 24.1 Å². The summed E-state index contributed by atoms with van der Waals surface area (Å²) in [6, 6.07) is 3.13. The van der Waals surface area contributed by atoms with Crippen LogP contribution in [0, 0.1) is 0 Å². The SMILES string of the molecule is CC(C)(C)OC(=O)NC1CC(NCc2cc3c(s2)CCC3)C1. The van der Waals surface area contributed by atoms with Gasteiger partial charge in [0, 0.05) is 28.4 Å². The van der Waals surface area contributed by atoms with E-state index in [9.17, 15) is 4.79 Å². The lowest BCUT2D eigenvalue weighted by molar-refractivity contribution is 0.0465. The number of rotatable bonds is 4. The third-order valence-electron chi connectivity index (χ3n) is 4.22. The number of carbonyl (C=O) groups excluding carboxylic acids is 1. The van der Waals surface area contributed by atoms with Gasteiger partial charge in [0.1, 0.15) is 5.60 Å². The van der Waals surface area contributed by atoms with Crippen molar-refractivity contribution in [1.82, 2.24) is 10.6 Å². The van der Waals surface area contributed by atoms with Gasteiger partial charge in [0.25, 0.3) is 0 Å². The fourth-order valence-electron chi connectivity index (χ4n) is 3.10. The van der Waals surface area contributed by atoms with Gasteiger partial charge in [-0.2, -0.15) is 0 Å². The van der Waals surface area contributed by atoms with Gasteiger partial charge in [-0.25, -0.2) is 4.79 Å². The number of aryl methyl sites for hydroxylation is 2. The molecular weight excluding hydrogens is 296 g/mol. The molecule has 2 N–H and O–H groups in total. The summed E-state index contributed by atoms with van der Waals surface area (Å²) in [6.07, 6.45) is 5.54. The van der Waals surface area contributed by atoms with Gasteiger partial charge in [0.15, 0.2) is 0 Å². The zero-order chi connectivity index (χ0) is 15.7. The summed E-state index contributed by atoms with van der Waals surface area (Å²) < 4.78 is 5.27. The Morgan fingerprint density at radius 2 is 2.09 bits per heavy atom. The molecule has 0 unspecified atom stereocenters. The molecule has 122 valence electrons. The quantitative estimate of drug-likeness (QED) is 0.893. The number of alkyl carbamates (subject to hydrolysis) is 1. The van der Waals surface area contributed by atoms with E-state index in [1.807, 2.05) is 32.1 Å². The van der Waals surface area contributed by atoms with E-state index in [1.54, 1.807) is 10.4 Å². The van der Waals surface area contributed by atoms with Crippen LogP contribution in [0.15, 0.2) is 6.07 Å². The highest BCUT2D eigenvalue weighted by Crippen LogP contribution is 2.31. The fraction of sp³-hybridized carbons (Fsp3) is 0.706. The van der Waals surface area contributed by atoms with E-state index in [0.29, 0.717) is 6.04 Å². The van der Waals surface area contributed by atoms with Crippen molar-refractivity contribution in [2.24, 2.45) is 0 Å².